The van der Waals surface area contributed by atoms with E-state index in [0.717, 1.165) is 27.6 Å². The summed E-state index contributed by atoms with van der Waals surface area (Å²) in [7, 11) is 0. The minimum absolute atomic E-state index is 0.0398. The van der Waals surface area contributed by atoms with E-state index >= 15 is 0 Å². The Morgan fingerprint density at radius 2 is 1.71 bits per heavy atom. The van der Waals surface area contributed by atoms with Crippen LogP contribution in [0.2, 0.25) is 15.1 Å². The van der Waals surface area contributed by atoms with Crippen LogP contribution < -0.4 is 15.4 Å². The van der Waals surface area contributed by atoms with E-state index < -0.39 is 4.92 Å². The lowest BCUT2D eigenvalue weighted by atomic mass is 10.0. The fourth-order valence-corrected chi connectivity index (χ4v) is 4.39. The first-order valence-electron chi connectivity index (χ1n) is 10.9. The van der Waals surface area contributed by atoms with Crippen LogP contribution in [0.5, 0.6) is 5.75 Å². The summed E-state index contributed by atoms with van der Waals surface area (Å²) in [6.07, 6.45) is 0. The molecule has 0 atom stereocenters. The number of benzene rings is 4. The van der Waals surface area contributed by atoms with E-state index in [-0.39, 0.29) is 5.69 Å². The first-order valence-corrected chi connectivity index (χ1v) is 12.0. The molecule has 9 heteroatoms. The minimum Gasteiger partial charge on any atom is -0.488 e. The number of halogens is 3. The summed E-state index contributed by atoms with van der Waals surface area (Å²) in [5.74, 6) is 0.772. The van der Waals surface area contributed by atoms with E-state index in [1.165, 1.54) is 12.1 Å². The van der Waals surface area contributed by atoms with Crippen LogP contribution in [-0.2, 0) is 13.2 Å². The Balaban J connectivity index is 1.41. The molecule has 0 saturated heterocycles. The third-order valence-corrected chi connectivity index (χ3v) is 6.38. The number of nitrogens with one attached hydrogen (secondary N) is 2. The summed E-state index contributed by atoms with van der Waals surface area (Å²) in [4.78, 5) is 10.4. The summed E-state index contributed by atoms with van der Waals surface area (Å²) in [6, 6.07) is 21.9. The largest absolute Gasteiger partial charge is 0.488 e. The van der Waals surface area contributed by atoms with Gasteiger partial charge in [-0.15, -0.1) is 0 Å². The fraction of sp³-hybridized carbons (Fsp3) is 0.154. The summed E-state index contributed by atoms with van der Waals surface area (Å²) < 4.78 is 6.17. The molecule has 0 heterocycles. The molecule has 0 amide bonds. The van der Waals surface area contributed by atoms with Crippen molar-refractivity contribution in [3.8, 4) is 5.75 Å². The third kappa shape index (κ3) is 6.35. The normalized spacial score (nSPS) is 10.9. The fourth-order valence-electron chi connectivity index (χ4n) is 3.69. The van der Waals surface area contributed by atoms with Crippen molar-refractivity contribution in [1.29, 1.82) is 0 Å². The topological polar surface area (TPSA) is 76.4 Å². The number of hydrogen-bond acceptors (Lipinski definition) is 5. The maximum Gasteiger partial charge on any atom is 0.271 e. The summed E-state index contributed by atoms with van der Waals surface area (Å²) in [6.45, 7) is 2.13. The van der Waals surface area contributed by atoms with Gasteiger partial charge in [0.25, 0.3) is 5.69 Å². The molecule has 0 aliphatic heterocycles. The molecule has 6 nitrogen and oxygen atoms in total. The Hall–Kier alpha value is -3.03. The standard InChI is InChI=1S/C26H22Cl3N3O3/c27-19-7-5-18(23(28)13-19)16-35-26-10-6-17-3-1-2-4-21(17)22(26)15-30-11-12-31-25-9-8-20(32(33)34)14-24(25)29/h1-10,13-14,30-31H,11-12,15-16H2. The molecule has 0 spiro atoms. The zero-order valence-electron chi connectivity index (χ0n) is 18.6. The first kappa shape index (κ1) is 25.1. The van der Waals surface area contributed by atoms with E-state index in [9.17, 15) is 10.1 Å². The number of rotatable bonds is 10. The lowest BCUT2D eigenvalue weighted by molar-refractivity contribution is -0.384. The van der Waals surface area contributed by atoms with E-state index in [2.05, 4.69) is 22.8 Å². The average molecular weight is 531 g/mol. The van der Waals surface area contributed by atoms with Crippen molar-refractivity contribution >= 4 is 57.0 Å². The summed E-state index contributed by atoms with van der Waals surface area (Å²) in [5.41, 5.74) is 2.50. The first-order chi connectivity index (χ1) is 16.9. The lowest BCUT2D eigenvalue weighted by Crippen LogP contribution is -2.22. The van der Waals surface area contributed by atoms with Crippen molar-refractivity contribution in [3.63, 3.8) is 0 Å². The van der Waals surface area contributed by atoms with Gasteiger partial charge in [0.2, 0.25) is 0 Å². The van der Waals surface area contributed by atoms with Crippen molar-refractivity contribution in [1.82, 2.24) is 5.32 Å². The highest BCUT2D eigenvalue weighted by Gasteiger charge is 2.11. The molecule has 0 aliphatic rings. The van der Waals surface area contributed by atoms with E-state index in [1.807, 2.05) is 30.3 Å². The number of anilines is 1. The quantitative estimate of drug-likeness (QED) is 0.126. The number of ether oxygens (including phenoxy) is 1. The molecule has 0 saturated carbocycles. The van der Waals surface area contributed by atoms with Crippen molar-refractivity contribution in [2.75, 3.05) is 18.4 Å². The predicted octanol–water partition coefficient (Wildman–Crippen LogP) is 7.49. The molecule has 0 aliphatic carbocycles. The van der Waals surface area contributed by atoms with Gasteiger partial charge >= 0.3 is 0 Å². The van der Waals surface area contributed by atoms with Crippen LogP contribution >= 0.6 is 34.8 Å². The predicted molar refractivity (Wildman–Crippen MR) is 143 cm³/mol. The lowest BCUT2D eigenvalue weighted by Gasteiger charge is -2.16. The third-order valence-electron chi connectivity index (χ3n) is 5.48. The number of hydrogen-bond donors (Lipinski definition) is 2. The molecule has 0 radical (unpaired) electrons. The Bertz CT molecular complexity index is 1360. The van der Waals surface area contributed by atoms with Gasteiger partial charge in [0.1, 0.15) is 12.4 Å². The number of nitrogens with zero attached hydrogens (tertiary/aromatic N) is 1. The van der Waals surface area contributed by atoms with Crippen LogP contribution in [0.15, 0.2) is 72.8 Å². The second kappa shape index (κ2) is 11.6. The molecular formula is C26H22Cl3N3O3. The van der Waals surface area contributed by atoms with Crippen LogP contribution in [0.25, 0.3) is 10.8 Å². The van der Waals surface area contributed by atoms with Gasteiger partial charge in [-0.3, -0.25) is 10.1 Å². The van der Waals surface area contributed by atoms with E-state index in [1.54, 1.807) is 18.2 Å². The monoisotopic (exact) mass is 529 g/mol. The van der Waals surface area contributed by atoms with E-state index in [0.29, 0.717) is 47.0 Å². The van der Waals surface area contributed by atoms with Crippen molar-refractivity contribution in [3.05, 3.63) is 109 Å². The van der Waals surface area contributed by atoms with Gasteiger partial charge in [-0.05, 0) is 35.0 Å². The molecule has 180 valence electrons. The Morgan fingerprint density at radius 3 is 2.49 bits per heavy atom. The minimum atomic E-state index is -0.470. The second-order valence-corrected chi connectivity index (χ2v) is 9.06. The maximum absolute atomic E-state index is 10.9. The Morgan fingerprint density at radius 1 is 0.886 bits per heavy atom. The van der Waals surface area contributed by atoms with Crippen LogP contribution in [-0.4, -0.2) is 18.0 Å². The molecule has 2 N–H and O–H groups in total. The number of nitro groups is 1. The number of non-ortho nitro benzene ring substituents is 1. The smallest absolute Gasteiger partial charge is 0.271 e. The van der Waals surface area contributed by atoms with Crippen molar-refractivity contribution in [2.24, 2.45) is 0 Å². The average Bonchev–Trinajstić information content (AvgIpc) is 2.84. The molecule has 4 aromatic carbocycles. The van der Waals surface area contributed by atoms with Gasteiger partial charge in [-0.25, -0.2) is 0 Å². The van der Waals surface area contributed by atoms with Gasteiger partial charge in [0.15, 0.2) is 0 Å². The van der Waals surface area contributed by atoms with Gasteiger partial charge < -0.3 is 15.4 Å². The van der Waals surface area contributed by atoms with Crippen LogP contribution in [0.1, 0.15) is 11.1 Å². The zero-order chi connectivity index (χ0) is 24.8. The van der Waals surface area contributed by atoms with Crippen LogP contribution in [0.4, 0.5) is 11.4 Å². The SMILES string of the molecule is O=[N+]([O-])c1ccc(NCCNCc2c(OCc3ccc(Cl)cc3Cl)ccc3ccccc23)c(Cl)c1. The number of nitro benzene ring substituents is 1. The zero-order valence-corrected chi connectivity index (χ0v) is 20.8. The molecule has 35 heavy (non-hydrogen) atoms. The Kier molecular flexibility index (Phi) is 8.31. The highest BCUT2D eigenvalue weighted by Crippen LogP contribution is 2.30. The molecule has 0 unspecified atom stereocenters. The molecule has 0 bridgehead atoms. The number of fused-ring (bicyclic) bond motifs is 1. The molecule has 0 aromatic heterocycles. The maximum atomic E-state index is 10.9. The highest BCUT2D eigenvalue weighted by atomic mass is 35.5. The molecular weight excluding hydrogens is 509 g/mol. The highest BCUT2D eigenvalue weighted by molar-refractivity contribution is 6.35. The van der Waals surface area contributed by atoms with Gasteiger partial charge in [0.05, 0.1) is 15.6 Å². The van der Waals surface area contributed by atoms with Gasteiger partial charge in [0, 0.05) is 52.9 Å². The van der Waals surface area contributed by atoms with Crippen molar-refractivity contribution < 1.29 is 9.66 Å². The van der Waals surface area contributed by atoms with Crippen molar-refractivity contribution in [2.45, 2.75) is 13.2 Å². The van der Waals surface area contributed by atoms with Gasteiger partial charge in [-0.1, -0.05) is 71.2 Å². The van der Waals surface area contributed by atoms with E-state index in [4.69, 9.17) is 39.5 Å². The summed E-state index contributed by atoms with van der Waals surface area (Å²) in [5, 5.41) is 21.2. The van der Waals surface area contributed by atoms with Crippen LogP contribution in [0, 0.1) is 10.1 Å². The van der Waals surface area contributed by atoms with Gasteiger partial charge in [-0.2, -0.15) is 0 Å². The molecule has 4 aromatic rings. The molecule has 0 fully saturated rings. The van der Waals surface area contributed by atoms with Crippen LogP contribution in [0.3, 0.4) is 0 Å². The Labute approximate surface area is 217 Å². The summed E-state index contributed by atoms with van der Waals surface area (Å²) >= 11 is 18.5. The second-order valence-electron chi connectivity index (χ2n) is 7.81. The molecule has 4 rings (SSSR count).